The number of hydrogen-bond donors (Lipinski definition) is 0. The molecule has 2 heterocycles. The second-order valence-electron chi connectivity index (χ2n) is 10.4. The fourth-order valence-corrected chi connectivity index (χ4v) is 6.25. The van der Waals surface area contributed by atoms with Gasteiger partial charge >= 0.3 is 0 Å². The highest BCUT2D eigenvalue weighted by Crippen LogP contribution is 2.59. The van der Waals surface area contributed by atoms with Crippen LogP contribution in [0.1, 0.15) is 82.6 Å². The van der Waals surface area contributed by atoms with Crippen LogP contribution in [0.2, 0.25) is 0 Å². The Bertz CT molecular complexity index is 671. The smallest absolute Gasteiger partial charge is 0.0404 e. The van der Waals surface area contributed by atoms with Gasteiger partial charge in [0.25, 0.3) is 0 Å². The van der Waals surface area contributed by atoms with E-state index >= 15 is 0 Å². The van der Waals surface area contributed by atoms with E-state index in [1.165, 1.54) is 116 Å². The Hall–Kier alpha value is -1.22. The average Bonchev–Trinajstić information content (AvgIpc) is 3.54. The number of piperazine rings is 1. The first kappa shape index (κ1) is 19.7. The summed E-state index contributed by atoms with van der Waals surface area (Å²) in [4.78, 5) is 8.01. The van der Waals surface area contributed by atoms with Crippen molar-refractivity contribution in [1.29, 1.82) is 0 Å². The van der Waals surface area contributed by atoms with E-state index in [0.717, 1.165) is 11.3 Å². The Morgan fingerprint density at radius 2 is 1.55 bits per heavy atom. The Morgan fingerprint density at radius 3 is 2.21 bits per heavy atom. The third kappa shape index (κ3) is 4.31. The van der Waals surface area contributed by atoms with Crippen LogP contribution in [-0.4, -0.2) is 50.7 Å². The van der Waals surface area contributed by atoms with Crippen LogP contribution in [0.3, 0.4) is 0 Å². The molecule has 0 atom stereocenters. The van der Waals surface area contributed by atoms with Crippen molar-refractivity contribution in [2.24, 2.45) is 5.41 Å². The monoisotopic (exact) mass is 395 g/mol. The lowest BCUT2D eigenvalue weighted by molar-refractivity contribution is 0.258. The molecule has 3 heteroatoms. The van der Waals surface area contributed by atoms with Crippen LogP contribution in [0.25, 0.3) is 0 Å². The van der Waals surface area contributed by atoms with Gasteiger partial charge in [-0.25, -0.2) is 0 Å². The van der Waals surface area contributed by atoms with Gasteiger partial charge in [-0.2, -0.15) is 0 Å². The van der Waals surface area contributed by atoms with E-state index in [0.29, 0.717) is 0 Å². The van der Waals surface area contributed by atoms with Gasteiger partial charge in [0.05, 0.1) is 0 Å². The van der Waals surface area contributed by atoms with Crippen molar-refractivity contribution in [2.75, 3.05) is 55.6 Å². The third-order valence-electron chi connectivity index (χ3n) is 8.43. The Balaban J connectivity index is 1.37. The molecular weight excluding hydrogens is 354 g/mol. The second kappa shape index (κ2) is 8.49. The van der Waals surface area contributed by atoms with Crippen LogP contribution in [0.4, 0.5) is 11.4 Å². The van der Waals surface area contributed by atoms with Crippen LogP contribution in [0.5, 0.6) is 0 Å². The molecule has 1 spiro atoms. The summed E-state index contributed by atoms with van der Waals surface area (Å²) in [5.74, 6) is 0.787. The first-order valence-corrected chi connectivity index (χ1v) is 12.6. The van der Waals surface area contributed by atoms with Gasteiger partial charge in [0.1, 0.15) is 0 Å². The van der Waals surface area contributed by atoms with Crippen LogP contribution >= 0.6 is 0 Å². The van der Waals surface area contributed by atoms with E-state index in [9.17, 15) is 0 Å². The number of hydrogen-bond acceptors (Lipinski definition) is 3. The average molecular weight is 396 g/mol. The second-order valence-corrected chi connectivity index (χ2v) is 10.4. The third-order valence-corrected chi connectivity index (χ3v) is 8.43. The molecular formula is C26H41N3. The van der Waals surface area contributed by atoms with Gasteiger partial charge in [0.15, 0.2) is 0 Å². The Kier molecular flexibility index (Phi) is 5.78. The molecule has 160 valence electrons. The topological polar surface area (TPSA) is 9.72 Å². The lowest BCUT2D eigenvalue weighted by atomic mass is 9.76. The molecule has 5 rings (SSSR count). The molecule has 1 aromatic rings. The first-order valence-electron chi connectivity index (χ1n) is 12.6. The summed E-state index contributed by atoms with van der Waals surface area (Å²) in [5, 5.41) is 0. The van der Waals surface area contributed by atoms with Gasteiger partial charge in [0.2, 0.25) is 0 Å². The standard InChI is InChI=1S/C26H41N3/c1-2-14-27-17-19-29(20-18-27)25-7-6-23(28-15-4-3-5-16-28)21-24(25)22-8-10-26(11-9-22)12-13-26/h6-7,21-22H,2-5,8-20H2,1H3. The maximum Gasteiger partial charge on any atom is 0.0404 e. The van der Waals surface area contributed by atoms with Crippen LogP contribution in [0, 0.1) is 5.41 Å². The molecule has 2 aliphatic carbocycles. The van der Waals surface area contributed by atoms with Gasteiger partial charge in [-0.3, -0.25) is 4.90 Å². The fraction of sp³-hybridized carbons (Fsp3) is 0.769. The molecule has 3 nitrogen and oxygen atoms in total. The minimum absolute atomic E-state index is 0.785. The highest BCUT2D eigenvalue weighted by atomic mass is 15.3. The number of nitrogens with zero attached hydrogens (tertiary/aromatic N) is 3. The summed E-state index contributed by atoms with van der Waals surface area (Å²) in [5.41, 5.74) is 5.54. The van der Waals surface area contributed by atoms with E-state index < -0.39 is 0 Å². The van der Waals surface area contributed by atoms with Gasteiger partial charge in [-0.05, 0) is 106 Å². The van der Waals surface area contributed by atoms with Crippen molar-refractivity contribution in [3.05, 3.63) is 23.8 Å². The predicted molar refractivity (Wildman–Crippen MR) is 124 cm³/mol. The molecule has 29 heavy (non-hydrogen) atoms. The summed E-state index contributed by atoms with van der Waals surface area (Å²) >= 11 is 0. The minimum atomic E-state index is 0.785. The number of benzene rings is 1. The van der Waals surface area contributed by atoms with Crippen LogP contribution in [0.15, 0.2) is 18.2 Å². The molecule has 4 fully saturated rings. The zero-order chi connectivity index (χ0) is 19.7. The molecule has 0 amide bonds. The van der Waals surface area contributed by atoms with Gasteiger partial charge in [-0.15, -0.1) is 0 Å². The van der Waals surface area contributed by atoms with Gasteiger partial charge in [0, 0.05) is 50.6 Å². The number of rotatable bonds is 5. The zero-order valence-corrected chi connectivity index (χ0v) is 18.7. The normalized spacial score (nSPS) is 25.6. The number of anilines is 2. The van der Waals surface area contributed by atoms with Crippen LogP contribution < -0.4 is 9.80 Å². The van der Waals surface area contributed by atoms with Crippen molar-refractivity contribution < 1.29 is 0 Å². The lowest BCUT2D eigenvalue weighted by Gasteiger charge is -2.39. The Morgan fingerprint density at radius 1 is 0.828 bits per heavy atom. The Labute approximate surface area is 178 Å². The maximum atomic E-state index is 2.71. The quantitative estimate of drug-likeness (QED) is 0.638. The van der Waals surface area contributed by atoms with E-state index in [2.05, 4.69) is 39.8 Å². The lowest BCUT2D eigenvalue weighted by Crippen LogP contribution is -2.47. The zero-order valence-electron chi connectivity index (χ0n) is 18.7. The molecule has 1 aromatic carbocycles. The fourth-order valence-electron chi connectivity index (χ4n) is 6.25. The van der Waals surface area contributed by atoms with Crippen molar-refractivity contribution in [2.45, 2.75) is 77.0 Å². The molecule has 4 aliphatic rings. The van der Waals surface area contributed by atoms with Gasteiger partial charge < -0.3 is 9.80 Å². The van der Waals surface area contributed by atoms with Crippen molar-refractivity contribution in [3.63, 3.8) is 0 Å². The summed E-state index contributed by atoms with van der Waals surface area (Å²) in [6, 6.07) is 7.55. The van der Waals surface area contributed by atoms with Crippen molar-refractivity contribution in [1.82, 2.24) is 4.90 Å². The minimum Gasteiger partial charge on any atom is -0.372 e. The van der Waals surface area contributed by atoms with E-state index in [1.807, 2.05) is 0 Å². The van der Waals surface area contributed by atoms with E-state index in [1.54, 1.807) is 11.3 Å². The van der Waals surface area contributed by atoms with E-state index in [-0.39, 0.29) is 0 Å². The molecule has 2 aliphatic heterocycles. The molecule has 0 aromatic heterocycles. The first-order chi connectivity index (χ1) is 14.3. The van der Waals surface area contributed by atoms with E-state index in [4.69, 9.17) is 0 Å². The summed E-state index contributed by atoms with van der Waals surface area (Å²) in [7, 11) is 0. The SMILES string of the molecule is CCCN1CCN(c2ccc(N3CCCCC3)cc2C2CCC3(CC2)CC3)CC1. The van der Waals surface area contributed by atoms with Crippen molar-refractivity contribution >= 4 is 11.4 Å². The summed E-state index contributed by atoms with van der Waals surface area (Å²) in [6.45, 7) is 10.9. The number of piperidine rings is 1. The van der Waals surface area contributed by atoms with Gasteiger partial charge in [-0.1, -0.05) is 6.92 Å². The predicted octanol–water partition coefficient (Wildman–Crippen LogP) is 5.65. The van der Waals surface area contributed by atoms with Crippen LogP contribution in [-0.2, 0) is 0 Å². The highest BCUT2D eigenvalue weighted by Gasteiger charge is 2.45. The molecule has 2 saturated heterocycles. The summed E-state index contributed by atoms with van der Waals surface area (Å²) < 4.78 is 0. The molecule has 0 radical (unpaired) electrons. The largest absolute Gasteiger partial charge is 0.372 e. The maximum absolute atomic E-state index is 2.71. The molecule has 0 N–H and O–H groups in total. The van der Waals surface area contributed by atoms with Crippen molar-refractivity contribution in [3.8, 4) is 0 Å². The molecule has 0 unspecified atom stereocenters. The molecule has 0 bridgehead atoms. The highest BCUT2D eigenvalue weighted by molar-refractivity contribution is 5.63. The molecule has 2 saturated carbocycles. The summed E-state index contributed by atoms with van der Waals surface area (Å²) in [6.07, 6.45) is 14.3.